The van der Waals surface area contributed by atoms with Crippen molar-refractivity contribution in [1.82, 2.24) is 4.57 Å². The predicted molar refractivity (Wildman–Crippen MR) is 142 cm³/mol. The van der Waals surface area contributed by atoms with E-state index in [0.717, 1.165) is 28.2 Å². The topological polar surface area (TPSA) is 51.5 Å². The van der Waals surface area contributed by atoms with Crippen LogP contribution in [0.5, 0.6) is 0 Å². The lowest BCUT2D eigenvalue weighted by Gasteiger charge is -2.18. The molecule has 0 saturated heterocycles. The molecule has 180 valence electrons. The summed E-state index contributed by atoms with van der Waals surface area (Å²) in [6.45, 7) is 7.65. The van der Waals surface area contributed by atoms with Gasteiger partial charge in [-0.05, 0) is 81.3 Å². The maximum Gasteiger partial charge on any atom is 0.340 e. The van der Waals surface area contributed by atoms with Crippen LogP contribution in [0.15, 0.2) is 59.3 Å². The summed E-state index contributed by atoms with van der Waals surface area (Å²) in [6, 6.07) is 12.5. The Kier molecular flexibility index (Phi) is 6.87. The summed E-state index contributed by atoms with van der Waals surface area (Å²) < 4.78 is 7.10. The van der Waals surface area contributed by atoms with Gasteiger partial charge >= 0.3 is 5.97 Å². The highest BCUT2D eigenvalue weighted by atomic mass is 35.5. The van der Waals surface area contributed by atoms with Gasteiger partial charge in [-0.1, -0.05) is 40.9 Å². The summed E-state index contributed by atoms with van der Waals surface area (Å²) >= 11 is 18.6. The Labute approximate surface area is 219 Å². The number of nitrogens with zero attached hydrogens (tertiary/aromatic N) is 2. The summed E-state index contributed by atoms with van der Waals surface area (Å²) in [5.41, 5.74) is 5.99. The number of amides is 1. The minimum Gasteiger partial charge on any atom is -0.465 e. The van der Waals surface area contributed by atoms with Crippen molar-refractivity contribution in [1.29, 1.82) is 0 Å². The van der Waals surface area contributed by atoms with Crippen LogP contribution in [-0.4, -0.2) is 23.6 Å². The summed E-state index contributed by atoms with van der Waals surface area (Å²) in [5.74, 6) is -0.970. The summed E-state index contributed by atoms with van der Waals surface area (Å²) in [7, 11) is 1.29. The van der Waals surface area contributed by atoms with Gasteiger partial charge in [-0.3, -0.25) is 9.69 Å². The van der Waals surface area contributed by atoms with E-state index in [1.807, 2.05) is 45.0 Å². The number of aryl methyl sites for hydroxylation is 2. The Bertz CT molecular complexity index is 1430. The van der Waals surface area contributed by atoms with E-state index in [2.05, 4.69) is 4.57 Å². The van der Waals surface area contributed by atoms with Gasteiger partial charge in [0.25, 0.3) is 5.91 Å². The van der Waals surface area contributed by atoms with Gasteiger partial charge in [0.05, 0.1) is 23.9 Å². The lowest BCUT2D eigenvalue weighted by atomic mass is 10.0. The Morgan fingerprint density at radius 3 is 2.20 bits per heavy atom. The fourth-order valence-electron chi connectivity index (χ4n) is 4.44. The molecule has 2 aromatic carbocycles. The summed E-state index contributed by atoms with van der Waals surface area (Å²) in [4.78, 5) is 27.8. The predicted octanol–water partition coefficient (Wildman–Crippen LogP) is 7.24. The van der Waals surface area contributed by atoms with Gasteiger partial charge in [0, 0.05) is 37.8 Å². The van der Waals surface area contributed by atoms with Gasteiger partial charge in [-0.2, -0.15) is 0 Å². The molecule has 0 bridgehead atoms. The van der Waals surface area contributed by atoms with Gasteiger partial charge in [0.2, 0.25) is 0 Å². The van der Waals surface area contributed by atoms with Crippen molar-refractivity contribution < 1.29 is 14.3 Å². The monoisotopic (exact) mass is 528 g/mol. The molecule has 0 atom stereocenters. The molecule has 1 aliphatic heterocycles. The molecule has 2 heterocycles. The molecule has 5 nitrogen and oxygen atoms in total. The molecule has 1 aliphatic rings. The number of hydrogen-bond acceptors (Lipinski definition) is 3. The molecule has 1 aromatic heterocycles. The molecule has 0 unspecified atom stereocenters. The van der Waals surface area contributed by atoms with Crippen molar-refractivity contribution in [3.8, 4) is 5.69 Å². The Morgan fingerprint density at radius 2 is 1.57 bits per heavy atom. The van der Waals surface area contributed by atoms with E-state index < -0.39 is 5.97 Å². The molecule has 4 rings (SSSR count). The molecule has 0 N–H and O–H groups in total. The molecular formula is C27H23Cl3N2O3. The largest absolute Gasteiger partial charge is 0.465 e. The first kappa shape index (κ1) is 25.1. The smallest absolute Gasteiger partial charge is 0.340 e. The fourth-order valence-corrected chi connectivity index (χ4v) is 5.12. The zero-order valence-electron chi connectivity index (χ0n) is 19.9. The number of methoxy groups -OCH3 is 1. The quantitative estimate of drug-likeness (QED) is 0.264. The molecular weight excluding hydrogens is 507 g/mol. The maximum atomic E-state index is 13.6. The SMILES string of the molecule is COC(=O)C1=C(C)N(c2cc(Cl)cc(Cl)c2)C(=O)/C1=C\c1cc(C)n(-c2cc(Cl)ccc2C)c1C. The average molecular weight is 530 g/mol. The zero-order valence-corrected chi connectivity index (χ0v) is 22.1. The molecule has 0 aliphatic carbocycles. The number of ether oxygens (including phenoxy) is 1. The van der Waals surface area contributed by atoms with Gasteiger partial charge in [-0.15, -0.1) is 0 Å². The lowest BCUT2D eigenvalue weighted by molar-refractivity contribution is -0.136. The molecule has 0 radical (unpaired) electrons. The second-order valence-corrected chi connectivity index (χ2v) is 9.68. The van der Waals surface area contributed by atoms with Crippen LogP contribution < -0.4 is 4.90 Å². The Hall–Kier alpha value is -2.99. The third kappa shape index (κ3) is 4.52. The van der Waals surface area contributed by atoms with Crippen LogP contribution in [0.25, 0.3) is 11.8 Å². The zero-order chi connectivity index (χ0) is 25.6. The van der Waals surface area contributed by atoms with E-state index >= 15 is 0 Å². The minimum atomic E-state index is -0.600. The highest BCUT2D eigenvalue weighted by molar-refractivity contribution is 6.35. The number of esters is 1. The first-order valence-electron chi connectivity index (χ1n) is 10.8. The van der Waals surface area contributed by atoms with Crippen LogP contribution in [0, 0.1) is 20.8 Å². The minimum absolute atomic E-state index is 0.192. The molecule has 0 fully saturated rings. The Morgan fingerprint density at radius 1 is 0.914 bits per heavy atom. The lowest BCUT2D eigenvalue weighted by Crippen LogP contribution is -2.24. The second-order valence-electron chi connectivity index (χ2n) is 8.37. The number of carbonyl (C=O) groups is 2. The second kappa shape index (κ2) is 9.57. The van der Waals surface area contributed by atoms with E-state index in [0.29, 0.717) is 26.5 Å². The van der Waals surface area contributed by atoms with E-state index in [-0.39, 0.29) is 17.1 Å². The normalized spacial score (nSPS) is 14.9. The fraction of sp³-hybridized carbons (Fsp3) is 0.185. The van der Waals surface area contributed by atoms with E-state index in [1.54, 1.807) is 31.2 Å². The van der Waals surface area contributed by atoms with E-state index in [4.69, 9.17) is 39.5 Å². The van der Waals surface area contributed by atoms with E-state index in [9.17, 15) is 9.59 Å². The van der Waals surface area contributed by atoms with Crippen LogP contribution in [0.3, 0.4) is 0 Å². The van der Waals surface area contributed by atoms with Crippen LogP contribution >= 0.6 is 34.8 Å². The molecule has 3 aromatic rings. The molecule has 35 heavy (non-hydrogen) atoms. The number of hydrogen-bond donors (Lipinski definition) is 0. The number of halogens is 3. The molecule has 0 spiro atoms. The number of aromatic nitrogens is 1. The van der Waals surface area contributed by atoms with Crippen molar-refractivity contribution in [2.45, 2.75) is 27.7 Å². The Balaban J connectivity index is 1.88. The number of carbonyl (C=O) groups excluding carboxylic acids is 2. The third-order valence-electron chi connectivity index (χ3n) is 6.08. The van der Waals surface area contributed by atoms with Gasteiger partial charge in [0.1, 0.15) is 0 Å². The van der Waals surface area contributed by atoms with Crippen molar-refractivity contribution in [3.05, 3.63) is 96.9 Å². The molecule has 1 amide bonds. The van der Waals surface area contributed by atoms with Crippen molar-refractivity contribution in [3.63, 3.8) is 0 Å². The first-order valence-corrected chi connectivity index (χ1v) is 11.9. The maximum absolute atomic E-state index is 13.6. The highest BCUT2D eigenvalue weighted by Crippen LogP contribution is 2.38. The summed E-state index contributed by atoms with van der Waals surface area (Å²) in [6.07, 6.45) is 1.73. The average Bonchev–Trinajstić information content (AvgIpc) is 3.20. The van der Waals surface area contributed by atoms with Crippen LogP contribution in [0.2, 0.25) is 15.1 Å². The number of rotatable bonds is 4. The highest BCUT2D eigenvalue weighted by Gasteiger charge is 2.38. The standard InChI is InChI=1S/C27H23Cl3N2O3/c1-14-6-7-19(28)13-24(14)31-15(2)8-18(16(31)3)9-23-25(27(34)35-5)17(4)32(26(23)33)22-11-20(29)10-21(30)12-22/h6-13H,1-5H3/b23-9-. The van der Waals surface area contributed by atoms with Crippen molar-refractivity contribution >= 4 is 58.4 Å². The van der Waals surface area contributed by atoms with Crippen LogP contribution in [0.1, 0.15) is 29.4 Å². The van der Waals surface area contributed by atoms with Crippen molar-refractivity contribution in [2.75, 3.05) is 12.0 Å². The number of anilines is 1. The van der Waals surface area contributed by atoms with E-state index in [1.165, 1.54) is 12.0 Å². The van der Waals surface area contributed by atoms with Crippen LogP contribution in [-0.2, 0) is 14.3 Å². The third-order valence-corrected chi connectivity index (χ3v) is 6.75. The van der Waals surface area contributed by atoms with Crippen LogP contribution in [0.4, 0.5) is 5.69 Å². The molecule has 0 saturated carbocycles. The van der Waals surface area contributed by atoms with Gasteiger partial charge in [-0.25, -0.2) is 4.79 Å². The number of benzene rings is 2. The first-order chi connectivity index (χ1) is 16.5. The van der Waals surface area contributed by atoms with Crippen molar-refractivity contribution in [2.24, 2.45) is 0 Å². The molecule has 8 heteroatoms. The summed E-state index contributed by atoms with van der Waals surface area (Å²) in [5, 5.41) is 1.39. The number of allylic oxidation sites excluding steroid dienone is 1. The van der Waals surface area contributed by atoms with Gasteiger partial charge in [0.15, 0.2) is 0 Å². The van der Waals surface area contributed by atoms with Gasteiger partial charge < -0.3 is 9.30 Å².